The lowest BCUT2D eigenvalue weighted by Crippen LogP contribution is -2.12. The van der Waals surface area contributed by atoms with Gasteiger partial charge < -0.3 is 10.1 Å². The van der Waals surface area contributed by atoms with Gasteiger partial charge in [0.25, 0.3) is 5.56 Å². The van der Waals surface area contributed by atoms with Gasteiger partial charge in [-0.05, 0) is 18.6 Å². The lowest BCUT2D eigenvalue weighted by molar-refractivity contribution is 0.388. The van der Waals surface area contributed by atoms with Gasteiger partial charge in [-0.1, -0.05) is 25.5 Å². The summed E-state index contributed by atoms with van der Waals surface area (Å²) in [6.45, 7) is 2.05. The Morgan fingerprint density at radius 3 is 3.00 bits per heavy atom. The molecule has 0 bridgehead atoms. The van der Waals surface area contributed by atoms with Gasteiger partial charge in [-0.15, -0.1) is 0 Å². The second-order valence-electron chi connectivity index (χ2n) is 4.21. The first-order valence-corrected chi connectivity index (χ1v) is 6.09. The summed E-state index contributed by atoms with van der Waals surface area (Å²) in [6.07, 6.45) is 3.92. The third-order valence-corrected chi connectivity index (χ3v) is 2.72. The first kappa shape index (κ1) is 12.4. The quantitative estimate of drug-likeness (QED) is 0.812. The van der Waals surface area contributed by atoms with Crippen LogP contribution in [0.5, 0.6) is 0 Å². The topological polar surface area (TPSA) is 66.0 Å². The summed E-state index contributed by atoms with van der Waals surface area (Å²) in [5.41, 5.74) is 1.39. The number of H-pyrrole nitrogens is 1. The number of fused-ring (bicyclic) bond motifs is 1. The number of nitrogens with zero attached hydrogens (tertiary/aromatic N) is 1. The van der Waals surface area contributed by atoms with Crippen LogP contribution in [0.15, 0.2) is 34.8 Å². The molecule has 0 aliphatic heterocycles. The second-order valence-corrected chi connectivity index (χ2v) is 4.21. The van der Waals surface area contributed by atoms with E-state index in [1.165, 1.54) is 6.08 Å². The minimum atomic E-state index is -0.281. The maximum atomic E-state index is 11.8. The molecule has 1 aromatic carbocycles. The van der Waals surface area contributed by atoms with E-state index in [2.05, 4.69) is 9.97 Å². The van der Waals surface area contributed by atoms with Crippen LogP contribution in [-0.4, -0.2) is 15.1 Å². The summed E-state index contributed by atoms with van der Waals surface area (Å²) in [4.78, 5) is 18.8. The number of nitrogens with one attached hydrogen (secondary N) is 1. The van der Waals surface area contributed by atoms with Crippen molar-refractivity contribution < 1.29 is 5.11 Å². The monoisotopic (exact) mass is 244 g/mol. The van der Waals surface area contributed by atoms with Gasteiger partial charge in [0.05, 0.1) is 16.8 Å². The number of allylic oxidation sites excluding steroid dienone is 1. The number of aromatic nitrogens is 2. The van der Waals surface area contributed by atoms with Gasteiger partial charge in [0.15, 0.2) is 0 Å². The maximum absolute atomic E-state index is 11.8. The lowest BCUT2D eigenvalue weighted by Gasteiger charge is -2.00. The Kier molecular flexibility index (Phi) is 3.77. The summed E-state index contributed by atoms with van der Waals surface area (Å²) < 4.78 is 0. The Morgan fingerprint density at radius 2 is 2.22 bits per heavy atom. The van der Waals surface area contributed by atoms with Gasteiger partial charge in [0, 0.05) is 12.5 Å². The van der Waals surface area contributed by atoms with E-state index in [4.69, 9.17) is 0 Å². The van der Waals surface area contributed by atoms with E-state index >= 15 is 0 Å². The Bertz CT molecular complexity index is 629. The molecule has 0 aliphatic carbocycles. The van der Waals surface area contributed by atoms with Crippen molar-refractivity contribution in [3.8, 4) is 0 Å². The fraction of sp³-hybridized carbons (Fsp3) is 0.286. The molecule has 94 valence electrons. The average Bonchev–Trinajstić information content (AvgIpc) is 2.37. The number of aromatic amines is 1. The average molecular weight is 244 g/mol. The largest absolute Gasteiger partial charge is 0.512 e. The van der Waals surface area contributed by atoms with Gasteiger partial charge in [-0.3, -0.25) is 4.79 Å². The van der Waals surface area contributed by atoms with Crippen molar-refractivity contribution in [1.82, 2.24) is 9.97 Å². The number of aliphatic hydroxyl groups excluding tert-OH is 1. The van der Waals surface area contributed by atoms with Crippen LogP contribution in [0.3, 0.4) is 0 Å². The molecule has 0 spiro atoms. The van der Waals surface area contributed by atoms with Crippen LogP contribution in [0.25, 0.3) is 17.1 Å². The second kappa shape index (κ2) is 5.49. The molecule has 4 heteroatoms. The van der Waals surface area contributed by atoms with Crippen molar-refractivity contribution >= 4 is 17.1 Å². The molecule has 4 nitrogen and oxygen atoms in total. The van der Waals surface area contributed by atoms with Crippen molar-refractivity contribution in [3.05, 3.63) is 46.1 Å². The fourth-order valence-electron chi connectivity index (χ4n) is 1.73. The van der Waals surface area contributed by atoms with Gasteiger partial charge in [0.1, 0.15) is 5.69 Å². The summed E-state index contributed by atoms with van der Waals surface area (Å²) in [5.74, 6) is 0.199. The van der Waals surface area contributed by atoms with Crippen molar-refractivity contribution in [1.29, 1.82) is 0 Å². The van der Waals surface area contributed by atoms with E-state index in [0.717, 1.165) is 12.8 Å². The molecule has 0 aliphatic rings. The first-order valence-electron chi connectivity index (χ1n) is 6.09. The number of rotatable bonds is 4. The van der Waals surface area contributed by atoms with Crippen molar-refractivity contribution in [2.75, 3.05) is 0 Å². The number of hydrogen-bond acceptors (Lipinski definition) is 3. The third-order valence-electron chi connectivity index (χ3n) is 2.72. The molecule has 2 N–H and O–H groups in total. The molecule has 0 amide bonds. The van der Waals surface area contributed by atoms with Crippen LogP contribution in [0.2, 0.25) is 0 Å². The van der Waals surface area contributed by atoms with E-state index < -0.39 is 0 Å². The summed E-state index contributed by atoms with van der Waals surface area (Å²) in [6, 6.07) is 7.33. The van der Waals surface area contributed by atoms with E-state index in [-0.39, 0.29) is 17.0 Å². The van der Waals surface area contributed by atoms with Crippen LogP contribution in [0, 0.1) is 0 Å². The summed E-state index contributed by atoms with van der Waals surface area (Å²) in [5, 5.41) is 9.70. The highest BCUT2D eigenvalue weighted by atomic mass is 16.3. The molecule has 1 heterocycles. The number of para-hydroxylation sites is 2. The molecule has 2 rings (SSSR count). The highest BCUT2D eigenvalue weighted by Gasteiger charge is 2.03. The van der Waals surface area contributed by atoms with Gasteiger partial charge >= 0.3 is 0 Å². The van der Waals surface area contributed by atoms with Crippen LogP contribution in [0.1, 0.15) is 31.9 Å². The van der Waals surface area contributed by atoms with E-state index in [0.29, 0.717) is 17.5 Å². The normalized spacial score (nSPS) is 11.9. The van der Waals surface area contributed by atoms with Crippen molar-refractivity contribution in [3.63, 3.8) is 0 Å². The molecule has 0 fully saturated rings. The van der Waals surface area contributed by atoms with Gasteiger partial charge in [0.2, 0.25) is 0 Å². The Balaban J connectivity index is 2.39. The molecule has 1 aromatic heterocycles. The molecule has 0 saturated carbocycles. The van der Waals surface area contributed by atoms with Crippen molar-refractivity contribution in [2.45, 2.75) is 26.2 Å². The van der Waals surface area contributed by atoms with Crippen LogP contribution in [0.4, 0.5) is 0 Å². The van der Waals surface area contributed by atoms with Crippen LogP contribution < -0.4 is 5.56 Å². The zero-order valence-corrected chi connectivity index (χ0v) is 10.3. The zero-order chi connectivity index (χ0) is 13.0. The molecular weight excluding hydrogens is 228 g/mol. The molecule has 2 aromatic rings. The fourth-order valence-corrected chi connectivity index (χ4v) is 1.73. The molecule has 0 atom stereocenters. The molecular formula is C14H16N2O2. The molecule has 0 radical (unpaired) electrons. The molecule has 18 heavy (non-hydrogen) atoms. The number of benzene rings is 1. The first-order chi connectivity index (χ1) is 8.70. The number of hydrogen-bond donors (Lipinski definition) is 2. The minimum Gasteiger partial charge on any atom is -0.512 e. The predicted octanol–water partition coefficient (Wildman–Crippen LogP) is 3.01. The zero-order valence-electron chi connectivity index (χ0n) is 10.3. The summed E-state index contributed by atoms with van der Waals surface area (Å²) in [7, 11) is 0. The Hall–Kier alpha value is -2.10. The standard InChI is InChI=1S/C14H16N2O2/c1-2-3-6-10(17)9-13-14(18)16-12-8-5-4-7-11(12)15-13/h4-5,7-9,17H,2-3,6H2,1H3,(H,16,18)/b10-9-. The summed E-state index contributed by atoms with van der Waals surface area (Å²) >= 11 is 0. The minimum absolute atomic E-state index is 0.199. The maximum Gasteiger partial charge on any atom is 0.274 e. The van der Waals surface area contributed by atoms with E-state index in [9.17, 15) is 9.90 Å². The van der Waals surface area contributed by atoms with E-state index in [1.54, 1.807) is 6.07 Å². The van der Waals surface area contributed by atoms with E-state index in [1.807, 2.05) is 25.1 Å². The van der Waals surface area contributed by atoms with Gasteiger partial charge in [-0.2, -0.15) is 0 Å². The van der Waals surface area contributed by atoms with Crippen molar-refractivity contribution in [2.24, 2.45) is 0 Å². The predicted molar refractivity (Wildman–Crippen MR) is 72.5 cm³/mol. The Morgan fingerprint density at radius 1 is 1.44 bits per heavy atom. The molecule has 0 unspecified atom stereocenters. The highest BCUT2D eigenvalue weighted by Crippen LogP contribution is 2.10. The number of unbranched alkanes of at least 4 members (excludes halogenated alkanes) is 1. The smallest absolute Gasteiger partial charge is 0.274 e. The highest BCUT2D eigenvalue weighted by molar-refractivity contribution is 5.74. The third kappa shape index (κ3) is 2.77. The van der Waals surface area contributed by atoms with Gasteiger partial charge in [-0.25, -0.2) is 4.98 Å². The Labute approximate surface area is 105 Å². The van der Waals surface area contributed by atoms with Crippen LogP contribution in [-0.2, 0) is 0 Å². The number of aliphatic hydroxyl groups is 1. The SMILES string of the molecule is CCCC/C(O)=C/c1nc2ccccc2[nH]c1=O. The lowest BCUT2D eigenvalue weighted by atomic mass is 10.2. The van der Waals surface area contributed by atoms with Crippen LogP contribution >= 0.6 is 0 Å². The molecule has 0 saturated heterocycles.